The Morgan fingerprint density at radius 3 is 2.82 bits per heavy atom. The van der Waals surface area contributed by atoms with Crippen LogP contribution in [0.2, 0.25) is 0 Å². The maximum Gasteiger partial charge on any atom is 0.122 e. The van der Waals surface area contributed by atoms with E-state index in [-0.39, 0.29) is 0 Å². The van der Waals surface area contributed by atoms with Crippen LogP contribution in [0.25, 0.3) is 0 Å². The van der Waals surface area contributed by atoms with Gasteiger partial charge in [0.05, 0.1) is 6.61 Å². The molecule has 0 saturated heterocycles. The highest BCUT2D eigenvalue weighted by Gasteiger charge is 1.96. The van der Waals surface area contributed by atoms with E-state index in [9.17, 15) is 0 Å². The molecule has 0 saturated carbocycles. The summed E-state index contributed by atoms with van der Waals surface area (Å²) in [4.78, 5) is 0. The van der Waals surface area contributed by atoms with Crippen molar-refractivity contribution in [1.29, 1.82) is 0 Å². The highest BCUT2D eigenvalue weighted by molar-refractivity contribution is 7.27. The molecule has 1 aromatic rings. The fraction of sp³-hybridized carbons (Fsp3) is 0.333. The Kier molecular flexibility index (Phi) is 2.90. The van der Waals surface area contributed by atoms with E-state index in [1.807, 2.05) is 13.0 Å². The van der Waals surface area contributed by atoms with Gasteiger partial charge in [0.1, 0.15) is 5.75 Å². The van der Waals surface area contributed by atoms with Crippen LogP contribution in [0, 0.1) is 6.92 Å². The fourth-order valence-electron chi connectivity index (χ4n) is 0.928. The molecule has 0 aliphatic carbocycles. The summed E-state index contributed by atoms with van der Waals surface area (Å²) in [5.74, 6) is 0.986. The second-order valence-electron chi connectivity index (χ2n) is 2.46. The van der Waals surface area contributed by atoms with Gasteiger partial charge in [-0.3, -0.25) is 0 Å². The van der Waals surface area contributed by atoms with E-state index in [0.29, 0.717) is 0 Å². The summed E-state index contributed by atoms with van der Waals surface area (Å²) in [6, 6.07) is 6.15. The molecule has 0 aliphatic heterocycles. The second-order valence-corrected chi connectivity index (χ2v) is 3.12. The summed E-state index contributed by atoms with van der Waals surface area (Å²) in [6.45, 7) is 4.78. The molecule has 2 heteroatoms. The summed E-state index contributed by atoms with van der Waals surface area (Å²) in [5.41, 5.74) is 1.19. The lowest BCUT2D eigenvalue weighted by atomic mass is 10.2. The van der Waals surface area contributed by atoms with Gasteiger partial charge in [0.2, 0.25) is 0 Å². The summed E-state index contributed by atoms with van der Waals surface area (Å²) in [6.07, 6.45) is 0. The average Bonchev–Trinajstić information content (AvgIpc) is 1.98. The first-order valence-electron chi connectivity index (χ1n) is 3.73. The van der Waals surface area contributed by atoms with Gasteiger partial charge >= 0.3 is 0 Å². The highest BCUT2D eigenvalue weighted by atomic mass is 31.0. The zero-order valence-electron chi connectivity index (χ0n) is 6.92. The molecule has 1 nitrogen and oxygen atoms in total. The lowest BCUT2D eigenvalue weighted by Crippen LogP contribution is -1.98. The lowest BCUT2D eigenvalue weighted by molar-refractivity contribution is 0.338. The molecule has 0 aromatic heterocycles. The predicted octanol–water partition coefficient (Wildman–Crippen LogP) is 1.89. The fourth-order valence-corrected chi connectivity index (χ4v) is 1.18. The number of ether oxygens (including phenoxy) is 1. The maximum atomic E-state index is 5.40. The van der Waals surface area contributed by atoms with Crippen LogP contribution in [0.4, 0.5) is 0 Å². The standard InChI is InChI=1S/C9H13OP/c1-3-10-9-6-8(11)5-4-7(9)2/h4-6H,3,11H2,1-2H3. The molecule has 0 spiro atoms. The molecule has 0 amide bonds. The molecule has 60 valence electrons. The largest absolute Gasteiger partial charge is 0.494 e. The van der Waals surface area contributed by atoms with Crippen molar-refractivity contribution in [2.24, 2.45) is 0 Å². The van der Waals surface area contributed by atoms with Gasteiger partial charge in [-0.05, 0) is 30.8 Å². The quantitative estimate of drug-likeness (QED) is 0.613. The second kappa shape index (κ2) is 3.73. The van der Waals surface area contributed by atoms with Gasteiger partial charge in [-0.1, -0.05) is 12.1 Å². The van der Waals surface area contributed by atoms with Crippen LogP contribution in [0.3, 0.4) is 0 Å². The van der Waals surface area contributed by atoms with E-state index in [2.05, 4.69) is 28.3 Å². The van der Waals surface area contributed by atoms with Crippen molar-refractivity contribution in [2.45, 2.75) is 13.8 Å². The van der Waals surface area contributed by atoms with E-state index in [0.717, 1.165) is 12.4 Å². The molecule has 1 rings (SSSR count). The third-order valence-corrected chi connectivity index (χ3v) is 1.87. The number of hydrogen-bond donors (Lipinski definition) is 0. The minimum Gasteiger partial charge on any atom is -0.494 e. The Hall–Kier alpha value is -0.550. The molecule has 1 aromatic carbocycles. The van der Waals surface area contributed by atoms with Crippen LogP contribution in [0.1, 0.15) is 12.5 Å². The molecule has 1 unspecified atom stereocenters. The molecule has 0 heterocycles. The number of hydrogen-bond acceptors (Lipinski definition) is 1. The number of rotatable bonds is 2. The summed E-state index contributed by atoms with van der Waals surface area (Å²) in [7, 11) is 2.66. The molecular formula is C9H13OP. The monoisotopic (exact) mass is 168 g/mol. The van der Waals surface area contributed by atoms with Crippen LogP contribution >= 0.6 is 9.24 Å². The molecule has 0 bridgehead atoms. The summed E-state index contributed by atoms with van der Waals surface area (Å²) >= 11 is 0. The van der Waals surface area contributed by atoms with Crippen LogP contribution in [0.5, 0.6) is 5.75 Å². The van der Waals surface area contributed by atoms with Gasteiger partial charge in [-0.25, -0.2) is 0 Å². The van der Waals surface area contributed by atoms with Crippen molar-refractivity contribution >= 4 is 14.5 Å². The number of aryl methyl sites for hydroxylation is 1. The van der Waals surface area contributed by atoms with Gasteiger partial charge in [0, 0.05) is 0 Å². The van der Waals surface area contributed by atoms with E-state index < -0.39 is 0 Å². The van der Waals surface area contributed by atoms with Gasteiger partial charge < -0.3 is 4.74 Å². The van der Waals surface area contributed by atoms with E-state index in [1.54, 1.807) is 0 Å². The van der Waals surface area contributed by atoms with E-state index in [4.69, 9.17) is 4.74 Å². The maximum absolute atomic E-state index is 5.40. The molecular weight excluding hydrogens is 155 g/mol. The van der Waals surface area contributed by atoms with E-state index >= 15 is 0 Å². The van der Waals surface area contributed by atoms with Gasteiger partial charge in [-0.15, -0.1) is 9.24 Å². The summed E-state index contributed by atoms with van der Waals surface area (Å²) in [5, 5.41) is 1.17. The number of benzene rings is 1. The van der Waals surface area contributed by atoms with Gasteiger partial charge in [0.15, 0.2) is 0 Å². The van der Waals surface area contributed by atoms with E-state index in [1.165, 1.54) is 10.9 Å². The topological polar surface area (TPSA) is 9.23 Å². The van der Waals surface area contributed by atoms with Crippen molar-refractivity contribution < 1.29 is 4.74 Å². The molecule has 0 N–H and O–H groups in total. The Morgan fingerprint density at radius 1 is 1.45 bits per heavy atom. The first kappa shape index (κ1) is 8.55. The van der Waals surface area contributed by atoms with Crippen molar-refractivity contribution in [2.75, 3.05) is 6.61 Å². The Bertz CT molecular complexity index is 245. The first-order valence-corrected chi connectivity index (χ1v) is 4.30. The van der Waals surface area contributed by atoms with Crippen molar-refractivity contribution in [3.05, 3.63) is 23.8 Å². The van der Waals surface area contributed by atoms with Gasteiger partial charge in [-0.2, -0.15) is 0 Å². The average molecular weight is 168 g/mol. The summed E-state index contributed by atoms with van der Waals surface area (Å²) < 4.78 is 5.40. The van der Waals surface area contributed by atoms with Crippen LogP contribution in [-0.4, -0.2) is 6.61 Å². The first-order chi connectivity index (χ1) is 5.24. The van der Waals surface area contributed by atoms with Crippen molar-refractivity contribution in [3.63, 3.8) is 0 Å². The molecule has 0 fully saturated rings. The third-order valence-electron chi connectivity index (χ3n) is 1.51. The molecule has 0 radical (unpaired) electrons. The van der Waals surface area contributed by atoms with Crippen LogP contribution in [0.15, 0.2) is 18.2 Å². The molecule has 1 atom stereocenters. The van der Waals surface area contributed by atoms with Crippen molar-refractivity contribution in [1.82, 2.24) is 0 Å². The SMILES string of the molecule is CCOc1cc(P)ccc1C. The molecule has 0 aliphatic rings. The third kappa shape index (κ3) is 2.20. The van der Waals surface area contributed by atoms with Crippen molar-refractivity contribution in [3.8, 4) is 5.75 Å². The minimum atomic E-state index is 0.731. The smallest absolute Gasteiger partial charge is 0.122 e. The Balaban J connectivity index is 2.93. The highest BCUT2D eigenvalue weighted by Crippen LogP contribution is 2.15. The Labute approximate surface area is 70.0 Å². The lowest BCUT2D eigenvalue weighted by Gasteiger charge is -2.06. The Morgan fingerprint density at radius 2 is 2.18 bits per heavy atom. The predicted molar refractivity (Wildman–Crippen MR) is 51.7 cm³/mol. The zero-order chi connectivity index (χ0) is 8.27. The van der Waals surface area contributed by atoms with Gasteiger partial charge in [0.25, 0.3) is 0 Å². The van der Waals surface area contributed by atoms with Crippen LogP contribution in [-0.2, 0) is 0 Å². The molecule has 11 heavy (non-hydrogen) atoms. The minimum absolute atomic E-state index is 0.731. The zero-order valence-corrected chi connectivity index (χ0v) is 8.08. The normalized spacial score (nSPS) is 9.73. The van der Waals surface area contributed by atoms with Crippen LogP contribution < -0.4 is 10.0 Å².